The van der Waals surface area contributed by atoms with E-state index in [0.29, 0.717) is 6.42 Å². The first-order valence-electron chi connectivity index (χ1n) is 6.41. The molecule has 94 valence electrons. The van der Waals surface area contributed by atoms with Crippen LogP contribution in [-0.4, -0.2) is 43.5 Å². The van der Waals surface area contributed by atoms with Crippen molar-refractivity contribution in [2.24, 2.45) is 5.73 Å². The van der Waals surface area contributed by atoms with Crippen molar-refractivity contribution in [3.63, 3.8) is 0 Å². The van der Waals surface area contributed by atoms with E-state index >= 15 is 0 Å². The molecular weight excluding hydrogens is 202 g/mol. The molecule has 0 aromatic heterocycles. The Hall–Kier alpha value is -0.610. The van der Waals surface area contributed by atoms with Gasteiger partial charge in [0.15, 0.2) is 0 Å². The van der Waals surface area contributed by atoms with E-state index in [1.165, 1.54) is 12.8 Å². The van der Waals surface area contributed by atoms with Crippen molar-refractivity contribution >= 4 is 5.91 Å². The van der Waals surface area contributed by atoms with Gasteiger partial charge in [0.2, 0.25) is 5.91 Å². The molecule has 0 bridgehead atoms. The second-order valence-electron chi connectivity index (χ2n) is 4.66. The number of nitrogens with one attached hydrogen (secondary N) is 1. The lowest BCUT2D eigenvalue weighted by molar-refractivity contribution is -0.121. The first kappa shape index (κ1) is 13.5. The van der Waals surface area contributed by atoms with Crippen LogP contribution >= 0.6 is 0 Å². The van der Waals surface area contributed by atoms with Crippen molar-refractivity contribution in [1.29, 1.82) is 0 Å². The number of carbonyl (C=O) groups is 1. The average molecular weight is 227 g/mol. The molecule has 1 aliphatic rings. The molecule has 0 aromatic rings. The SMILES string of the molecule is CN(CCNC(=O)CCCCCN)C1CC1. The topological polar surface area (TPSA) is 58.4 Å². The summed E-state index contributed by atoms with van der Waals surface area (Å²) in [5, 5.41) is 2.96. The van der Waals surface area contributed by atoms with Gasteiger partial charge in [-0.1, -0.05) is 6.42 Å². The summed E-state index contributed by atoms with van der Waals surface area (Å²) in [5.74, 6) is 0.182. The van der Waals surface area contributed by atoms with E-state index in [0.717, 1.165) is 44.9 Å². The van der Waals surface area contributed by atoms with Gasteiger partial charge in [-0.3, -0.25) is 4.79 Å². The molecule has 0 radical (unpaired) electrons. The number of hydrogen-bond acceptors (Lipinski definition) is 3. The third kappa shape index (κ3) is 6.08. The number of carbonyl (C=O) groups excluding carboxylic acids is 1. The molecule has 4 nitrogen and oxygen atoms in total. The van der Waals surface area contributed by atoms with Gasteiger partial charge in [-0.15, -0.1) is 0 Å². The Kier molecular flexibility index (Phi) is 6.42. The van der Waals surface area contributed by atoms with E-state index in [1.807, 2.05) is 0 Å². The molecule has 1 rings (SSSR count). The summed E-state index contributed by atoms with van der Waals surface area (Å²) in [6, 6.07) is 0.779. The van der Waals surface area contributed by atoms with Crippen LogP contribution < -0.4 is 11.1 Å². The second kappa shape index (κ2) is 7.63. The first-order chi connectivity index (χ1) is 7.74. The van der Waals surface area contributed by atoms with Crippen LogP contribution in [0.1, 0.15) is 38.5 Å². The summed E-state index contributed by atoms with van der Waals surface area (Å²) in [6.45, 7) is 2.48. The minimum absolute atomic E-state index is 0.182. The highest BCUT2D eigenvalue weighted by Gasteiger charge is 2.25. The largest absolute Gasteiger partial charge is 0.355 e. The standard InChI is InChI=1S/C12H25N3O/c1-15(11-6-7-11)10-9-14-12(16)5-3-2-4-8-13/h11H,2-10,13H2,1H3,(H,14,16). The van der Waals surface area contributed by atoms with Gasteiger partial charge >= 0.3 is 0 Å². The average Bonchev–Trinajstić information content (AvgIpc) is 3.08. The Labute approximate surface area is 98.6 Å². The zero-order chi connectivity index (χ0) is 11.8. The number of amides is 1. The number of hydrogen-bond donors (Lipinski definition) is 2. The minimum atomic E-state index is 0.182. The van der Waals surface area contributed by atoms with Gasteiger partial charge < -0.3 is 16.0 Å². The number of unbranched alkanes of at least 4 members (excludes halogenated alkanes) is 2. The van der Waals surface area contributed by atoms with E-state index < -0.39 is 0 Å². The summed E-state index contributed by atoms with van der Waals surface area (Å²) in [7, 11) is 2.13. The van der Waals surface area contributed by atoms with Crippen molar-refractivity contribution in [3.8, 4) is 0 Å². The zero-order valence-corrected chi connectivity index (χ0v) is 10.4. The molecule has 0 aromatic carbocycles. The third-order valence-corrected chi connectivity index (χ3v) is 3.06. The molecule has 1 fully saturated rings. The lowest BCUT2D eigenvalue weighted by Gasteiger charge is -2.15. The molecular formula is C12H25N3O. The normalized spacial score (nSPS) is 15.4. The maximum Gasteiger partial charge on any atom is 0.220 e. The van der Waals surface area contributed by atoms with Gasteiger partial charge in [-0.2, -0.15) is 0 Å². The molecule has 1 amide bonds. The Morgan fingerprint density at radius 2 is 2.12 bits per heavy atom. The molecule has 3 N–H and O–H groups in total. The molecule has 0 saturated heterocycles. The monoisotopic (exact) mass is 227 g/mol. The van der Waals surface area contributed by atoms with Crippen molar-refractivity contribution in [1.82, 2.24) is 10.2 Å². The summed E-state index contributed by atoms with van der Waals surface area (Å²) in [5.41, 5.74) is 5.39. The highest BCUT2D eigenvalue weighted by atomic mass is 16.1. The maximum atomic E-state index is 11.4. The molecule has 0 heterocycles. The zero-order valence-electron chi connectivity index (χ0n) is 10.4. The van der Waals surface area contributed by atoms with Crippen LogP contribution in [0.15, 0.2) is 0 Å². The second-order valence-corrected chi connectivity index (χ2v) is 4.66. The molecule has 0 spiro atoms. The summed E-state index contributed by atoms with van der Waals surface area (Å²) < 4.78 is 0. The van der Waals surface area contributed by atoms with Gasteiger partial charge in [0.05, 0.1) is 0 Å². The van der Waals surface area contributed by atoms with Crippen LogP contribution in [0.4, 0.5) is 0 Å². The van der Waals surface area contributed by atoms with Crippen molar-refractivity contribution in [2.45, 2.75) is 44.6 Å². The first-order valence-corrected chi connectivity index (χ1v) is 6.41. The van der Waals surface area contributed by atoms with E-state index in [-0.39, 0.29) is 5.91 Å². The van der Waals surface area contributed by atoms with Crippen LogP contribution in [-0.2, 0) is 4.79 Å². The molecule has 16 heavy (non-hydrogen) atoms. The Morgan fingerprint density at radius 3 is 2.75 bits per heavy atom. The predicted octanol–water partition coefficient (Wildman–Crippen LogP) is 0.716. The fourth-order valence-corrected chi connectivity index (χ4v) is 1.76. The van der Waals surface area contributed by atoms with Gasteiger partial charge in [-0.05, 0) is 39.3 Å². The van der Waals surface area contributed by atoms with Crippen LogP contribution in [0, 0.1) is 0 Å². The third-order valence-electron chi connectivity index (χ3n) is 3.06. The quantitative estimate of drug-likeness (QED) is 0.571. The number of nitrogens with zero attached hydrogens (tertiary/aromatic N) is 1. The molecule has 1 saturated carbocycles. The highest BCUT2D eigenvalue weighted by molar-refractivity contribution is 5.75. The predicted molar refractivity (Wildman–Crippen MR) is 66.2 cm³/mol. The van der Waals surface area contributed by atoms with E-state index in [2.05, 4.69) is 17.3 Å². The van der Waals surface area contributed by atoms with Crippen molar-refractivity contribution in [2.75, 3.05) is 26.7 Å². The summed E-state index contributed by atoms with van der Waals surface area (Å²) >= 11 is 0. The highest BCUT2D eigenvalue weighted by Crippen LogP contribution is 2.24. The van der Waals surface area contributed by atoms with Gasteiger partial charge in [0, 0.05) is 25.6 Å². The van der Waals surface area contributed by atoms with E-state index in [1.54, 1.807) is 0 Å². The summed E-state index contributed by atoms with van der Waals surface area (Å²) in [4.78, 5) is 13.7. The van der Waals surface area contributed by atoms with Crippen molar-refractivity contribution < 1.29 is 4.79 Å². The van der Waals surface area contributed by atoms with Gasteiger partial charge in [-0.25, -0.2) is 0 Å². The Morgan fingerprint density at radius 1 is 1.38 bits per heavy atom. The van der Waals surface area contributed by atoms with Crippen LogP contribution in [0.3, 0.4) is 0 Å². The van der Waals surface area contributed by atoms with Crippen molar-refractivity contribution in [3.05, 3.63) is 0 Å². The summed E-state index contributed by atoms with van der Waals surface area (Å²) in [6.07, 6.45) is 6.34. The fourth-order valence-electron chi connectivity index (χ4n) is 1.76. The Balaban J connectivity index is 1.89. The van der Waals surface area contributed by atoms with Crippen LogP contribution in [0.25, 0.3) is 0 Å². The molecule has 1 aliphatic carbocycles. The van der Waals surface area contributed by atoms with Crippen LogP contribution in [0.5, 0.6) is 0 Å². The molecule has 0 atom stereocenters. The molecule has 4 heteroatoms. The molecule has 0 aliphatic heterocycles. The Bertz CT molecular complexity index is 204. The van der Waals surface area contributed by atoms with E-state index in [9.17, 15) is 4.79 Å². The maximum absolute atomic E-state index is 11.4. The smallest absolute Gasteiger partial charge is 0.220 e. The van der Waals surface area contributed by atoms with E-state index in [4.69, 9.17) is 5.73 Å². The number of likely N-dealkylation sites (N-methyl/N-ethyl adjacent to an activating group) is 1. The van der Waals surface area contributed by atoms with Gasteiger partial charge in [0.1, 0.15) is 0 Å². The molecule has 0 unspecified atom stereocenters. The minimum Gasteiger partial charge on any atom is -0.355 e. The van der Waals surface area contributed by atoms with Gasteiger partial charge in [0.25, 0.3) is 0 Å². The van der Waals surface area contributed by atoms with Crippen LogP contribution in [0.2, 0.25) is 0 Å². The number of nitrogens with two attached hydrogens (primary N) is 1. The lowest BCUT2D eigenvalue weighted by Crippen LogP contribution is -2.33. The number of rotatable bonds is 9. The fraction of sp³-hybridized carbons (Fsp3) is 0.917. The lowest BCUT2D eigenvalue weighted by atomic mass is 10.2.